The molecule has 1 radical (unpaired) electrons. The van der Waals surface area contributed by atoms with Gasteiger partial charge in [-0.15, -0.1) is 12.4 Å². The molecule has 0 saturated heterocycles. The first-order valence-electron chi connectivity index (χ1n) is 3.26. The molecule has 2 aromatic rings. The molecule has 0 bridgehead atoms. The summed E-state index contributed by atoms with van der Waals surface area (Å²) in [5.41, 5.74) is 0. The normalized spacial score (nSPS) is 7.33. The van der Waals surface area contributed by atoms with Crippen molar-refractivity contribution in [3.8, 4) is 0 Å². The molecule has 0 aliphatic carbocycles. The maximum Gasteiger partial charge on any atom is 0 e. The Morgan fingerprint density at radius 1 is 1.08 bits per heavy atom. The molecule has 2 rings (SSSR count). The van der Waals surface area contributed by atoms with Crippen molar-refractivity contribution < 1.29 is 36.9 Å². The molecular weight excluding hydrogens is 311 g/mol. The van der Waals surface area contributed by atoms with Crippen molar-refractivity contribution in [1.82, 2.24) is 9.97 Å². The average Bonchev–Trinajstić information content (AvgIpc) is 2.64. The number of aromatic nitrogens is 2. The third kappa shape index (κ3) is 6.38. The van der Waals surface area contributed by atoms with Crippen molar-refractivity contribution in [1.29, 1.82) is 0 Å². The zero-order valence-electron chi connectivity index (χ0n) is 6.25. The van der Waals surface area contributed by atoms with Crippen LogP contribution in [0.15, 0.2) is 42.7 Å². The van der Waals surface area contributed by atoms with Gasteiger partial charge in [0.1, 0.15) is 0 Å². The van der Waals surface area contributed by atoms with Crippen LogP contribution in [-0.4, -0.2) is 9.97 Å². The fraction of sp³-hybridized carbons (Fsp3) is 0. The molecule has 1 aromatic carbocycles. The molecule has 1 N–H and O–H groups in total. The second-order valence-corrected chi connectivity index (χ2v) is 1.78. The van der Waals surface area contributed by atoms with Gasteiger partial charge in [0.05, 0.1) is 0 Å². The third-order valence-electron chi connectivity index (χ3n) is 0.969. The first-order valence-corrected chi connectivity index (χ1v) is 3.26. The van der Waals surface area contributed by atoms with E-state index in [9.17, 15) is 0 Å². The monoisotopic (exact) mass is 319 g/mol. The number of nitrogens with one attached hydrogen (secondary N) is 1. The van der Waals surface area contributed by atoms with Crippen molar-refractivity contribution in [2.75, 3.05) is 0 Å². The average molecular weight is 319 g/mol. The summed E-state index contributed by atoms with van der Waals surface area (Å²) in [6.45, 7) is 0. The van der Waals surface area contributed by atoms with Crippen LogP contribution in [0, 0.1) is 49.3 Å². The molecule has 71 valence electrons. The first kappa shape index (κ1) is 11.7. The third-order valence-corrected chi connectivity index (χ3v) is 0.969. The van der Waals surface area contributed by atoms with Crippen LogP contribution in [-0.2, 0) is 0 Å². The van der Waals surface area contributed by atoms with E-state index in [2.05, 4.69) is 22.4 Å². The Morgan fingerprint density at radius 3 is 2.00 bits per heavy atom. The van der Waals surface area contributed by atoms with E-state index in [0.717, 1.165) is 0 Å². The van der Waals surface area contributed by atoms with E-state index in [-0.39, 0.29) is 36.9 Å². The summed E-state index contributed by atoms with van der Waals surface area (Å²) in [6, 6.07) is 12.5. The number of rotatable bonds is 0. The minimum atomic E-state index is 0. The fourth-order valence-corrected chi connectivity index (χ4v) is 0.528. The van der Waals surface area contributed by atoms with Crippen LogP contribution in [0.3, 0.4) is 0 Å². The second kappa shape index (κ2) is 8.76. The Labute approximate surface area is 101 Å². The summed E-state index contributed by atoms with van der Waals surface area (Å²) in [7, 11) is 0. The van der Waals surface area contributed by atoms with Crippen LogP contribution in [0.1, 0.15) is 0 Å². The van der Waals surface area contributed by atoms with Crippen LogP contribution in [0.4, 0.5) is 0 Å². The van der Waals surface area contributed by atoms with Gasteiger partial charge in [-0.1, -0.05) is 0 Å². The minimum Gasteiger partial charge on any atom is -0.467 e. The number of benzene rings is 1. The van der Waals surface area contributed by atoms with Crippen molar-refractivity contribution in [2.45, 2.75) is 0 Å². The van der Waals surface area contributed by atoms with Crippen LogP contribution in [0.2, 0.25) is 0 Å². The minimum absolute atomic E-state index is 0. The molecule has 1 aromatic heterocycles. The predicted octanol–water partition coefficient (Wildman–Crippen LogP) is 1.70. The Kier molecular flexibility index (Phi) is 8.51. The van der Waals surface area contributed by atoms with E-state index < -0.39 is 0 Å². The number of nitrogens with zero attached hydrogens (tertiary/aromatic N) is 1. The Bertz CT molecular complexity index is 198. The van der Waals surface area contributed by atoms with Gasteiger partial charge < -0.3 is 9.97 Å². The van der Waals surface area contributed by atoms with Gasteiger partial charge in [0.15, 0.2) is 0 Å². The van der Waals surface area contributed by atoms with Gasteiger partial charge in [-0.05, 0) is 6.33 Å². The van der Waals surface area contributed by atoms with E-state index in [4.69, 9.17) is 0 Å². The van der Waals surface area contributed by atoms with Gasteiger partial charge in [0.2, 0.25) is 0 Å². The summed E-state index contributed by atoms with van der Waals surface area (Å²) < 4.78 is 0. The predicted molar refractivity (Wildman–Crippen MR) is 42.7 cm³/mol. The Morgan fingerprint density at radius 2 is 1.83 bits per heavy atom. The molecule has 3 heteroatoms. The van der Waals surface area contributed by atoms with Crippen LogP contribution in [0.25, 0.3) is 0 Å². The van der Waals surface area contributed by atoms with E-state index in [1.165, 1.54) is 0 Å². The molecule has 0 spiro atoms. The van der Waals surface area contributed by atoms with E-state index in [0.29, 0.717) is 0 Å². The number of imidazole rings is 1. The van der Waals surface area contributed by atoms with Gasteiger partial charge in [-0.25, -0.2) is 0 Å². The number of aromatic amines is 1. The quantitative estimate of drug-likeness (QED) is 0.736. The van der Waals surface area contributed by atoms with E-state index in [1.54, 1.807) is 12.4 Å². The topological polar surface area (TPSA) is 28.7 Å². The largest absolute Gasteiger partial charge is 0.467 e. The van der Waals surface area contributed by atoms with E-state index >= 15 is 0 Å². The van der Waals surface area contributed by atoms with Crippen molar-refractivity contribution in [3.63, 3.8) is 0 Å². The molecule has 1 heterocycles. The smallest absolute Gasteiger partial charge is 0 e. The van der Waals surface area contributed by atoms with Gasteiger partial charge >= 0.3 is 0 Å². The van der Waals surface area contributed by atoms with E-state index in [1.807, 2.05) is 30.3 Å². The van der Waals surface area contributed by atoms with Crippen molar-refractivity contribution in [3.05, 3.63) is 55.1 Å². The SMILES string of the molecule is [Lu].[c-]1ccccc1.[c-]1ncc[nH]1. The molecular formula is C9H8LuN2-2. The number of hydrogen-bond donors (Lipinski definition) is 1. The number of hydrogen-bond acceptors (Lipinski definition) is 1. The first-order chi connectivity index (χ1) is 5.50. The molecule has 0 unspecified atom stereocenters. The summed E-state index contributed by atoms with van der Waals surface area (Å²) in [5.74, 6) is 0. The maximum absolute atomic E-state index is 3.54. The zero-order valence-corrected chi connectivity index (χ0v) is 7.90. The maximum atomic E-state index is 3.54. The van der Waals surface area contributed by atoms with Crippen LogP contribution >= 0.6 is 0 Å². The van der Waals surface area contributed by atoms with Gasteiger partial charge in [0, 0.05) is 36.9 Å². The van der Waals surface area contributed by atoms with Gasteiger partial charge in [0.25, 0.3) is 0 Å². The standard InChI is InChI=1S/C6H5.C3H3N2.Lu/c1-2-4-6-5-3-1;1-2-5-3-4-1;/h1-5H;1-2H,(H,4,5);/q2*-1;. The van der Waals surface area contributed by atoms with Crippen molar-refractivity contribution in [2.24, 2.45) is 0 Å². The van der Waals surface area contributed by atoms with Gasteiger partial charge in [-0.3, -0.25) is 0 Å². The molecule has 0 amide bonds. The summed E-state index contributed by atoms with van der Waals surface area (Å²) >= 11 is 0. The number of H-pyrrole nitrogens is 1. The molecule has 0 atom stereocenters. The Balaban J connectivity index is 0.000000189. The summed E-state index contributed by atoms with van der Waals surface area (Å²) in [6.07, 6.45) is 5.83. The fourth-order valence-electron chi connectivity index (χ4n) is 0.528. The summed E-state index contributed by atoms with van der Waals surface area (Å²) in [5, 5.41) is 0. The molecule has 0 aliphatic heterocycles. The Hall–Kier alpha value is -0.336. The van der Waals surface area contributed by atoms with Gasteiger partial charge in [-0.2, -0.15) is 36.4 Å². The molecule has 12 heavy (non-hydrogen) atoms. The molecule has 2 nitrogen and oxygen atoms in total. The van der Waals surface area contributed by atoms with Crippen molar-refractivity contribution >= 4 is 0 Å². The van der Waals surface area contributed by atoms with Crippen LogP contribution < -0.4 is 0 Å². The second-order valence-electron chi connectivity index (χ2n) is 1.78. The molecule has 0 aliphatic rings. The molecule has 0 saturated carbocycles. The summed E-state index contributed by atoms with van der Waals surface area (Å²) in [4.78, 5) is 6.17. The van der Waals surface area contributed by atoms with Crippen LogP contribution in [0.5, 0.6) is 0 Å². The zero-order chi connectivity index (χ0) is 7.78. The molecule has 0 fully saturated rings.